The lowest BCUT2D eigenvalue weighted by Gasteiger charge is -2.28. The fourth-order valence-electron chi connectivity index (χ4n) is 3.64. The van der Waals surface area contributed by atoms with Crippen LogP contribution in [-0.2, 0) is 24.7 Å². The molecule has 0 radical (unpaired) electrons. The Morgan fingerprint density at radius 2 is 1.83 bits per heavy atom. The molecule has 0 spiro atoms. The van der Waals surface area contributed by atoms with Gasteiger partial charge >= 0.3 is 6.03 Å². The molecule has 0 saturated carbocycles. The number of hydrogen-bond donors (Lipinski definition) is 2. The molecular weight excluding hydrogens is 390 g/mol. The summed E-state index contributed by atoms with van der Waals surface area (Å²) in [6, 6.07) is 8.23. The number of benzene rings is 1. The lowest BCUT2D eigenvalue weighted by Crippen LogP contribution is -2.52. The van der Waals surface area contributed by atoms with Crippen LogP contribution in [0.5, 0.6) is 0 Å². The van der Waals surface area contributed by atoms with Crippen LogP contribution in [0.25, 0.3) is 0 Å². The summed E-state index contributed by atoms with van der Waals surface area (Å²) in [6.07, 6.45) is 0.335. The molecule has 2 heterocycles. The van der Waals surface area contributed by atoms with Crippen molar-refractivity contribution in [3.8, 4) is 0 Å². The number of likely N-dealkylation sites (N-methyl/N-ethyl adjacent to an activating group) is 1. The van der Waals surface area contributed by atoms with Gasteiger partial charge in [0, 0.05) is 13.1 Å². The van der Waals surface area contributed by atoms with Gasteiger partial charge < -0.3 is 15.0 Å². The van der Waals surface area contributed by atoms with Crippen molar-refractivity contribution in [2.45, 2.75) is 18.9 Å². The first-order chi connectivity index (χ1) is 14.4. The third kappa shape index (κ3) is 4.44. The van der Waals surface area contributed by atoms with Crippen LogP contribution in [-0.4, -0.2) is 85.0 Å². The normalized spacial score (nSPS) is 21.7. The second-order valence-electron chi connectivity index (χ2n) is 7.40. The number of nitrogens with one attached hydrogen (secondary N) is 2. The Kier molecular flexibility index (Phi) is 6.68. The fourth-order valence-corrected chi connectivity index (χ4v) is 3.64. The van der Waals surface area contributed by atoms with Crippen LogP contribution in [0.2, 0.25) is 0 Å². The van der Waals surface area contributed by atoms with Gasteiger partial charge in [0.25, 0.3) is 11.8 Å². The van der Waals surface area contributed by atoms with E-state index in [1.165, 1.54) is 4.90 Å². The molecule has 0 bridgehead atoms. The fraction of sp³-hybridized carbons (Fsp3) is 0.500. The molecule has 0 aromatic heterocycles. The highest BCUT2D eigenvalue weighted by Gasteiger charge is 2.52. The van der Waals surface area contributed by atoms with Gasteiger partial charge in [0.05, 0.1) is 26.3 Å². The van der Waals surface area contributed by atoms with Gasteiger partial charge in [-0.15, -0.1) is 0 Å². The minimum atomic E-state index is -1.22. The Morgan fingerprint density at radius 3 is 2.47 bits per heavy atom. The molecule has 2 N–H and O–H groups in total. The predicted molar refractivity (Wildman–Crippen MR) is 107 cm³/mol. The minimum Gasteiger partial charge on any atom is -0.378 e. The van der Waals surface area contributed by atoms with Crippen molar-refractivity contribution in [3.05, 3.63) is 35.9 Å². The number of rotatable bonds is 7. The highest BCUT2D eigenvalue weighted by Crippen LogP contribution is 2.31. The lowest BCUT2D eigenvalue weighted by molar-refractivity contribution is -0.141. The smallest absolute Gasteiger partial charge is 0.344 e. The lowest BCUT2D eigenvalue weighted by atomic mass is 9.87. The van der Waals surface area contributed by atoms with E-state index in [1.807, 2.05) is 6.07 Å². The molecule has 1 aromatic carbocycles. The van der Waals surface area contributed by atoms with E-state index in [0.29, 0.717) is 38.3 Å². The monoisotopic (exact) mass is 417 g/mol. The molecule has 2 saturated heterocycles. The summed E-state index contributed by atoms with van der Waals surface area (Å²) in [5.74, 6) is -1.20. The molecule has 1 atom stereocenters. The van der Waals surface area contributed by atoms with Gasteiger partial charge in [0.15, 0.2) is 0 Å². The highest BCUT2D eigenvalue weighted by atomic mass is 16.5. The van der Waals surface area contributed by atoms with Gasteiger partial charge in [-0.25, -0.2) is 4.79 Å². The Balaban J connectivity index is 1.59. The van der Waals surface area contributed by atoms with Crippen molar-refractivity contribution >= 4 is 23.8 Å². The zero-order valence-electron chi connectivity index (χ0n) is 17.2. The molecule has 3 rings (SSSR count). The topological polar surface area (TPSA) is 111 Å². The van der Waals surface area contributed by atoms with E-state index in [-0.39, 0.29) is 19.0 Å². The van der Waals surface area contributed by atoms with Gasteiger partial charge in [0.1, 0.15) is 5.54 Å². The van der Waals surface area contributed by atoms with E-state index in [4.69, 9.17) is 4.74 Å². The maximum Gasteiger partial charge on any atom is 0.344 e. The molecule has 2 aliphatic heterocycles. The predicted octanol–water partition coefficient (Wildman–Crippen LogP) is -0.334. The first-order valence-electron chi connectivity index (χ1n) is 9.93. The Labute approximate surface area is 175 Å². The SMILES string of the molecule is CC[C@]1(c2ccccc2)NC(=O)N(NC(=O)CN(C)CC(=O)N2CCOCC2)C1=O. The number of urea groups is 1. The van der Waals surface area contributed by atoms with Crippen molar-refractivity contribution in [2.24, 2.45) is 0 Å². The second-order valence-corrected chi connectivity index (χ2v) is 7.40. The minimum absolute atomic E-state index is 0.0521. The molecule has 2 fully saturated rings. The average molecular weight is 417 g/mol. The van der Waals surface area contributed by atoms with Crippen LogP contribution in [0.15, 0.2) is 30.3 Å². The number of carbonyl (C=O) groups is 4. The van der Waals surface area contributed by atoms with E-state index in [1.54, 1.807) is 43.1 Å². The molecule has 10 heteroatoms. The van der Waals surface area contributed by atoms with Gasteiger partial charge in [-0.2, -0.15) is 5.01 Å². The zero-order valence-corrected chi connectivity index (χ0v) is 17.2. The van der Waals surface area contributed by atoms with Crippen molar-refractivity contribution in [3.63, 3.8) is 0 Å². The molecule has 1 aromatic rings. The molecule has 162 valence electrons. The number of imide groups is 1. The van der Waals surface area contributed by atoms with Crippen LogP contribution < -0.4 is 10.7 Å². The van der Waals surface area contributed by atoms with E-state index in [0.717, 1.165) is 5.01 Å². The van der Waals surface area contributed by atoms with Crippen molar-refractivity contribution < 1.29 is 23.9 Å². The van der Waals surface area contributed by atoms with E-state index < -0.39 is 23.4 Å². The number of nitrogens with zero attached hydrogens (tertiary/aromatic N) is 3. The van der Waals surface area contributed by atoms with Gasteiger partial charge in [-0.3, -0.25) is 24.7 Å². The molecule has 0 unspecified atom stereocenters. The van der Waals surface area contributed by atoms with E-state index >= 15 is 0 Å². The number of carbonyl (C=O) groups excluding carboxylic acids is 4. The standard InChI is InChI=1S/C20H27N5O5/c1-3-20(15-7-5-4-6-8-15)18(28)25(19(29)21-20)22-16(26)13-23(2)14-17(27)24-9-11-30-12-10-24/h4-8H,3,9-14H2,1-2H3,(H,21,29)(H,22,26)/t20-/m1/s1. The number of morpholine rings is 1. The molecule has 0 aliphatic carbocycles. The third-order valence-electron chi connectivity index (χ3n) is 5.31. The molecule has 2 aliphatic rings. The summed E-state index contributed by atoms with van der Waals surface area (Å²) >= 11 is 0. The van der Waals surface area contributed by atoms with E-state index in [2.05, 4.69) is 10.7 Å². The summed E-state index contributed by atoms with van der Waals surface area (Å²) < 4.78 is 5.22. The van der Waals surface area contributed by atoms with E-state index in [9.17, 15) is 19.2 Å². The third-order valence-corrected chi connectivity index (χ3v) is 5.31. The summed E-state index contributed by atoms with van der Waals surface area (Å²) in [7, 11) is 1.63. The number of hydrazine groups is 1. The molecular formula is C20H27N5O5. The maximum atomic E-state index is 13.0. The van der Waals surface area contributed by atoms with Gasteiger partial charge in [0.2, 0.25) is 5.91 Å². The molecule has 30 heavy (non-hydrogen) atoms. The maximum absolute atomic E-state index is 13.0. The highest BCUT2D eigenvalue weighted by molar-refractivity contribution is 6.08. The second kappa shape index (κ2) is 9.23. The number of ether oxygens (including phenoxy) is 1. The molecule has 5 amide bonds. The van der Waals surface area contributed by atoms with Crippen LogP contribution in [0.4, 0.5) is 4.79 Å². The van der Waals surface area contributed by atoms with Crippen molar-refractivity contribution in [1.29, 1.82) is 0 Å². The Hall–Kier alpha value is -2.98. The zero-order chi connectivity index (χ0) is 21.7. The summed E-state index contributed by atoms with van der Waals surface area (Å²) in [4.78, 5) is 53.4. The van der Waals surface area contributed by atoms with Crippen molar-refractivity contribution in [2.75, 3.05) is 46.4 Å². The van der Waals surface area contributed by atoms with Crippen LogP contribution in [0, 0.1) is 0 Å². The first kappa shape index (κ1) is 21.7. The number of amides is 5. The van der Waals surface area contributed by atoms with Crippen molar-refractivity contribution in [1.82, 2.24) is 25.6 Å². The Morgan fingerprint density at radius 1 is 1.17 bits per heavy atom. The van der Waals surface area contributed by atoms with Crippen LogP contribution in [0.1, 0.15) is 18.9 Å². The summed E-state index contributed by atoms with van der Waals surface area (Å²) in [6.45, 7) is 3.76. The Bertz CT molecular complexity index is 811. The average Bonchev–Trinajstić information content (AvgIpc) is 3.00. The summed E-state index contributed by atoms with van der Waals surface area (Å²) in [5, 5.41) is 3.42. The van der Waals surface area contributed by atoms with Gasteiger partial charge in [-0.05, 0) is 19.0 Å². The number of hydrogen-bond acceptors (Lipinski definition) is 6. The largest absolute Gasteiger partial charge is 0.378 e. The quantitative estimate of drug-likeness (QED) is 0.588. The van der Waals surface area contributed by atoms with Gasteiger partial charge in [-0.1, -0.05) is 37.3 Å². The molecule has 10 nitrogen and oxygen atoms in total. The van der Waals surface area contributed by atoms with Crippen LogP contribution in [0.3, 0.4) is 0 Å². The first-order valence-corrected chi connectivity index (χ1v) is 9.93. The summed E-state index contributed by atoms with van der Waals surface area (Å²) in [5.41, 5.74) is 1.80. The van der Waals surface area contributed by atoms with Crippen LogP contribution >= 0.6 is 0 Å².